The zero-order valence-electron chi connectivity index (χ0n) is 11.6. The molecular formula is C14H21N3O2. The number of esters is 1. The molecule has 0 amide bonds. The molecule has 0 saturated carbocycles. The molecule has 5 heteroatoms. The molecule has 1 fully saturated rings. The van der Waals surface area contributed by atoms with E-state index in [0.29, 0.717) is 6.54 Å². The Balaban J connectivity index is 2.02. The zero-order valence-corrected chi connectivity index (χ0v) is 11.6. The molecule has 1 aliphatic rings. The van der Waals surface area contributed by atoms with Crippen molar-refractivity contribution in [3.63, 3.8) is 0 Å². The van der Waals surface area contributed by atoms with Crippen molar-refractivity contribution in [2.45, 2.75) is 32.6 Å². The van der Waals surface area contributed by atoms with E-state index >= 15 is 0 Å². The topological polar surface area (TPSA) is 55.3 Å². The van der Waals surface area contributed by atoms with Crippen LogP contribution < -0.4 is 4.90 Å². The number of carbonyl (C=O) groups excluding carboxylic acids is 1. The number of anilines is 1. The lowest BCUT2D eigenvalue weighted by molar-refractivity contribution is -0.145. The number of hydrogen-bond acceptors (Lipinski definition) is 5. The molecule has 5 nitrogen and oxygen atoms in total. The Hall–Kier alpha value is -1.65. The largest absolute Gasteiger partial charge is 0.469 e. The van der Waals surface area contributed by atoms with Crippen LogP contribution in [-0.2, 0) is 16.0 Å². The molecule has 2 heterocycles. The summed E-state index contributed by atoms with van der Waals surface area (Å²) in [5.41, 5.74) is 1.02. The SMILES string of the molecule is CCCc1ccc(N2CCCC(C(=O)OC)C2)nn1. The smallest absolute Gasteiger partial charge is 0.310 e. The van der Waals surface area contributed by atoms with Gasteiger partial charge >= 0.3 is 5.97 Å². The van der Waals surface area contributed by atoms with Crippen molar-refractivity contribution in [2.75, 3.05) is 25.1 Å². The van der Waals surface area contributed by atoms with E-state index in [1.54, 1.807) is 0 Å². The fraction of sp³-hybridized carbons (Fsp3) is 0.643. The van der Waals surface area contributed by atoms with Gasteiger partial charge in [-0.25, -0.2) is 0 Å². The van der Waals surface area contributed by atoms with E-state index in [1.807, 2.05) is 12.1 Å². The monoisotopic (exact) mass is 263 g/mol. The van der Waals surface area contributed by atoms with Gasteiger partial charge in [0.05, 0.1) is 18.7 Å². The lowest BCUT2D eigenvalue weighted by Crippen LogP contribution is -2.39. The van der Waals surface area contributed by atoms with Crippen LogP contribution in [0.5, 0.6) is 0 Å². The van der Waals surface area contributed by atoms with Crippen LogP contribution in [0.15, 0.2) is 12.1 Å². The molecule has 0 radical (unpaired) electrons. The summed E-state index contributed by atoms with van der Waals surface area (Å²) in [5.74, 6) is 0.685. The van der Waals surface area contributed by atoms with Crippen molar-refractivity contribution in [1.82, 2.24) is 10.2 Å². The molecule has 2 rings (SSSR count). The molecule has 1 atom stereocenters. The molecule has 104 valence electrons. The molecular weight excluding hydrogens is 242 g/mol. The second kappa shape index (κ2) is 6.50. The predicted octanol–water partition coefficient (Wildman–Crippen LogP) is 1.82. The number of methoxy groups -OCH3 is 1. The van der Waals surface area contributed by atoms with E-state index < -0.39 is 0 Å². The third-order valence-electron chi connectivity index (χ3n) is 3.49. The number of aryl methyl sites for hydroxylation is 1. The first kappa shape index (κ1) is 13.8. The molecule has 1 saturated heterocycles. The highest BCUT2D eigenvalue weighted by atomic mass is 16.5. The summed E-state index contributed by atoms with van der Waals surface area (Å²) >= 11 is 0. The number of rotatable bonds is 4. The summed E-state index contributed by atoms with van der Waals surface area (Å²) in [6.07, 6.45) is 3.91. The normalized spacial score (nSPS) is 19.3. The molecule has 0 aromatic carbocycles. The minimum absolute atomic E-state index is 0.0455. The average molecular weight is 263 g/mol. The van der Waals surface area contributed by atoms with Crippen LogP contribution in [0.25, 0.3) is 0 Å². The molecule has 1 aliphatic heterocycles. The van der Waals surface area contributed by atoms with Gasteiger partial charge in [0, 0.05) is 13.1 Å². The Labute approximate surface area is 114 Å². The van der Waals surface area contributed by atoms with Crippen molar-refractivity contribution in [1.29, 1.82) is 0 Å². The van der Waals surface area contributed by atoms with Gasteiger partial charge in [-0.15, -0.1) is 5.10 Å². The standard InChI is InChI=1S/C14H21N3O2/c1-3-5-12-7-8-13(16-15-12)17-9-4-6-11(10-17)14(18)19-2/h7-8,11H,3-6,9-10H2,1-2H3. The minimum atomic E-state index is -0.125. The van der Waals surface area contributed by atoms with Crippen molar-refractivity contribution in [2.24, 2.45) is 5.92 Å². The van der Waals surface area contributed by atoms with E-state index in [1.165, 1.54) is 7.11 Å². The molecule has 19 heavy (non-hydrogen) atoms. The number of carbonyl (C=O) groups is 1. The van der Waals surface area contributed by atoms with E-state index in [0.717, 1.165) is 43.7 Å². The van der Waals surface area contributed by atoms with Gasteiger partial charge in [0.15, 0.2) is 5.82 Å². The second-order valence-electron chi connectivity index (χ2n) is 4.94. The Kier molecular flexibility index (Phi) is 4.71. The summed E-state index contributed by atoms with van der Waals surface area (Å²) in [5, 5.41) is 8.49. The third-order valence-corrected chi connectivity index (χ3v) is 3.49. The fourth-order valence-corrected chi connectivity index (χ4v) is 2.46. The maximum Gasteiger partial charge on any atom is 0.310 e. The highest BCUT2D eigenvalue weighted by Crippen LogP contribution is 2.22. The first-order valence-electron chi connectivity index (χ1n) is 6.90. The van der Waals surface area contributed by atoms with Crippen LogP contribution in [0.1, 0.15) is 31.9 Å². The van der Waals surface area contributed by atoms with Crippen molar-refractivity contribution in [3.05, 3.63) is 17.8 Å². The average Bonchev–Trinajstić information content (AvgIpc) is 2.48. The van der Waals surface area contributed by atoms with Gasteiger partial charge in [-0.3, -0.25) is 4.79 Å². The molecule has 0 N–H and O–H groups in total. The molecule has 1 unspecified atom stereocenters. The number of aromatic nitrogens is 2. The van der Waals surface area contributed by atoms with E-state index in [9.17, 15) is 4.79 Å². The lowest BCUT2D eigenvalue weighted by atomic mass is 9.98. The Morgan fingerprint density at radius 2 is 2.32 bits per heavy atom. The summed E-state index contributed by atoms with van der Waals surface area (Å²) < 4.78 is 4.82. The minimum Gasteiger partial charge on any atom is -0.469 e. The maximum absolute atomic E-state index is 11.6. The van der Waals surface area contributed by atoms with Crippen molar-refractivity contribution < 1.29 is 9.53 Å². The third kappa shape index (κ3) is 3.43. The number of piperidine rings is 1. The van der Waals surface area contributed by atoms with E-state index in [2.05, 4.69) is 22.0 Å². The summed E-state index contributed by atoms with van der Waals surface area (Å²) in [6.45, 7) is 3.73. The Morgan fingerprint density at radius 3 is 2.95 bits per heavy atom. The van der Waals surface area contributed by atoms with Crippen molar-refractivity contribution >= 4 is 11.8 Å². The van der Waals surface area contributed by atoms with E-state index in [4.69, 9.17) is 4.74 Å². The van der Waals surface area contributed by atoms with E-state index in [-0.39, 0.29) is 11.9 Å². The van der Waals surface area contributed by atoms with Gasteiger partial charge < -0.3 is 9.64 Å². The van der Waals surface area contributed by atoms with Gasteiger partial charge in [-0.1, -0.05) is 13.3 Å². The van der Waals surface area contributed by atoms with Crippen LogP contribution in [0.2, 0.25) is 0 Å². The summed E-state index contributed by atoms with van der Waals surface area (Å²) in [7, 11) is 1.45. The molecule has 0 aliphatic carbocycles. The van der Waals surface area contributed by atoms with Crippen LogP contribution in [-0.4, -0.2) is 36.4 Å². The zero-order chi connectivity index (χ0) is 13.7. The predicted molar refractivity (Wildman–Crippen MR) is 73.0 cm³/mol. The van der Waals surface area contributed by atoms with Crippen LogP contribution >= 0.6 is 0 Å². The van der Waals surface area contributed by atoms with Crippen LogP contribution in [0.4, 0.5) is 5.82 Å². The second-order valence-corrected chi connectivity index (χ2v) is 4.94. The summed E-state index contributed by atoms with van der Waals surface area (Å²) in [4.78, 5) is 13.7. The first-order chi connectivity index (χ1) is 9.24. The van der Waals surface area contributed by atoms with Gasteiger partial charge in [0.1, 0.15) is 0 Å². The lowest BCUT2D eigenvalue weighted by Gasteiger charge is -2.31. The van der Waals surface area contributed by atoms with Crippen LogP contribution in [0, 0.1) is 5.92 Å². The fourth-order valence-electron chi connectivity index (χ4n) is 2.46. The quantitative estimate of drug-likeness (QED) is 0.776. The van der Waals surface area contributed by atoms with Gasteiger partial charge in [-0.05, 0) is 31.4 Å². The highest BCUT2D eigenvalue weighted by molar-refractivity contribution is 5.73. The molecule has 0 bridgehead atoms. The molecule has 1 aromatic heterocycles. The number of nitrogens with zero attached hydrogens (tertiary/aromatic N) is 3. The number of hydrogen-bond donors (Lipinski definition) is 0. The first-order valence-corrected chi connectivity index (χ1v) is 6.90. The van der Waals surface area contributed by atoms with Gasteiger partial charge in [0.2, 0.25) is 0 Å². The molecule has 0 spiro atoms. The summed E-state index contributed by atoms with van der Waals surface area (Å²) in [6, 6.07) is 4.02. The highest BCUT2D eigenvalue weighted by Gasteiger charge is 2.27. The number of ether oxygens (including phenoxy) is 1. The Bertz CT molecular complexity index is 419. The van der Waals surface area contributed by atoms with Gasteiger partial charge in [-0.2, -0.15) is 5.10 Å². The van der Waals surface area contributed by atoms with Crippen molar-refractivity contribution in [3.8, 4) is 0 Å². The van der Waals surface area contributed by atoms with Crippen LogP contribution in [0.3, 0.4) is 0 Å². The van der Waals surface area contributed by atoms with Gasteiger partial charge in [0.25, 0.3) is 0 Å². The molecule has 1 aromatic rings. The maximum atomic E-state index is 11.6. The Morgan fingerprint density at radius 1 is 1.47 bits per heavy atom.